The number of benzene rings is 2. The Morgan fingerprint density at radius 3 is 2.46 bits per heavy atom. The predicted octanol–water partition coefficient (Wildman–Crippen LogP) is 3.72. The van der Waals surface area contributed by atoms with Gasteiger partial charge in [0.2, 0.25) is 0 Å². The molecule has 4 nitrogen and oxygen atoms in total. The number of aryl methyl sites for hydroxylation is 2. The van der Waals surface area contributed by atoms with Crippen molar-refractivity contribution in [3.05, 3.63) is 81.9 Å². The number of aromatic nitrogens is 2. The summed E-state index contributed by atoms with van der Waals surface area (Å²) in [4.78, 5) is 4.04. The van der Waals surface area contributed by atoms with E-state index in [0.29, 0.717) is 10.6 Å². The van der Waals surface area contributed by atoms with Crippen molar-refractivity contribution in [1.29, 1.82) is 0 Å². The van der Waals surface area contributed by atoms with Gasteiger partial charge in [-0.3, -0.25) is 0 Å². The molecular weight excluding hydrogens is 324 g/mol. The molecule has 3 rings (SSSR count). The first kappa shape index (κ1) is 16.7. The van der Waals surface area contributed by atoms with E-state index in [4.69, 9.17) is 11.6 Å². The Morgan fingerprint density at radius 2 is 1.88 bits per heavy atom. The Labute approximate surface area is 146 Å². The summed E-state index contributed by atoms with van der Waals surface area (Å²) in [7, 11) is 0. The molecule has 0 amide bonds. The van der Waals surface area contributed by atoms with Crippen molar-refractivity contribution in [2.24, 2.45) is 0 Å². The number of aliphatic hydroxyl groups excluding tert-OH is 2. The smallest absolute Gasteiger partial charge is 0.106 e. The normalized spacial score (nSPS) is 12.4. The van der Waals surface area contributed by atoms with Crippen LogP contribution in [0.1, 0.15) is 33.9 Å². The van der Waals surface area contributed by atoms with Gasteiger partial charge in [-0.25, -0.2) is 4.98 Å². The van der Waals surface area contributed by atoms with Crippen molar-refractivity contribution in [2.45, 2.75) is 26.6 Å². The quantitative estimate of drug-likeness (QED) is 0.759. The van der Waals surface area contributed by atoms with Crippen molar-refractivity contribution in [3.63, 3.8) is 0 Å². The summed E-state index contributed by atoms with van der Waals surface area (Å²) in [5.74, 6) is 0. The third-order valence-electron chi connectivity index (χ3n) is 4.19. The molecule has 0 aliphatic heterocycles. The number of halogens is 1. The van der Waals surface area contributed by atoms with Gasteiger partial charge in [0.25, 0.3) is 0 Å². The van der Waals surface area contributed by atoms with Gasteiger partial charge >= 0.3 is 0 Å². The maximum absolute atomic E-state index is 10.9. The molecule has 0 spiro atoms. The zero-order valence-electron chi connectivity index (χ0n) is 13.6. The molecule has 0 saturated carbocycles. The van der Waals surface area contributed by atoms with Crippen LogP contribution in [-0.2, 0) is 6.61 Å². The Balaban J connectivity index is 2.07. The van der Waals surface area contributed by atoms with Crippen LogP contribution >= 0.6 is 11.6 Å². The first-order valence-electron chi connectivity index (χ1n) is 7.68. The largest absolute Gasteiger partial charge is 0.392 e. The average Bonchev–Trinajstić information content (AvgIpc) is 3.08. The fourth-order valence-electron chi connectivity index (χ4n) is 3.06. The zero-order valence-corrected chi connectivity index (χ0v) is 14.3. The zero-order chi connectivity index (χ0) is 17.3. The Morgan fingerprint density at radius 1 is 1.17 bits per heavy atom. The van der Waals surface area contributed by atoms with Gasteiger partial charge in [-0.2, -0.15) is 0 Å². The van der Waals surface area contributed by atoms with Crippen LogP contribution in [0, 0.1) is 13.8 Å². The van der Waals surface area contributed by atoms with Crippen LogP contribution in [0.3, 0.4) is 0 Å². The number of hydrogen-bond donors (Lipinski definition) is 2. The van der Waals surface area contributed by atoms with Crippen LogP contribution in [0.25, 0.3) is 5.69 Å². The highest BCUT2D eigenvalue weighted by Crippen LogP contribution is 2.34. The summed E-state index contributed by atoms with van der Waals surface area (Å²) in [5, 5.41) is 20.8. The molecule has 3 aromatic rings. The highest BCUT2D eigenvalue weighted by Gasteiger charge is 2.19. The predicted molar refractivity (Wildman–Crippen MR) is 94.5 cm³/mol. The molecule has 0 fully saturated rings. The van der Waals surface area contributed by atoms with E-state index < -0.39 is 6.10 Å². The molecule has 0 radical (unpaired) electrons. The fraction of sp³-hybridized carbons (Fsp3) is 0.211. The summed E-state index contributed by atoms with van der Waals surface area (Å²) < 4.78 is 1.86. The molecule has 1 heterocycles. The number of hydrogen-bond acceptors (Lipinski definition) is 3. The van der Waals surface area contributed by atoms with Gasteiger partial charge in [0, 0.05) is 28.7 Å². The number of rotatable bonds is 4. The van der Waals surface area contributed by atoms with Crippen LogP contribution in [0.15, 0.2) is 49.1 Å². The highest BCUT2D eigenvalue weighted by molar-refractivity contribution is 6.31. The van der Waals surface area contributed by atoms with E-state index in [2.05, 4.69) is 4.98 Å². The van der Waals surface area contributed by atoms with Gasteiger partial charge < -0.3 is 14.8 Å². The lowest BCUT2D eigenvalue weighted by Crippen LogP contribution is -2.07. The Kier molecular flexibility index (Phi) is 4.71. The lowest BCUT2D eigenvalue weighted by Gasteiger charge is -2.20. The van der Waals surface area contributed by atoms with Gasteiger partial charge in [0.05, 0.1) is 12.9 Å². The Bertz CT molecular complexity index is 837. The van der Waals surface area contributed by atoms with E-state index in [1.54, 1.807) is 18.6 Å². The molecule has 0 bridgehead atoms. The summed E-state index contributed by atoms with van der Waals surface area (Å²) in [6.07, 6.45) is 4.40. The molecule has 124 valence electrons. The lowest BCUT2D eigenvalue weighted by atomic mass is 9.91. The summed E-state index contributed by atoms with van der Waals surface area (Å²) >= 11 is 6.34. The lowest BCUT2D eigenvalue weighted by molar-refractivity contribution is 0.218. The maximum atomic E-state index is 10.9. The molecule has 0 aliphatic carbocycles. The SMILES string of the molecule is Cc1cc(CO)cc(C)c1C(O)c1cc(-n2ccnc2)ccc1Cl. The summed E-state index contributed by atoms with van der Waals surface area (Å²) in [6.45, 7) is 3.84. The second-order valence-corrected chi connectivity index (χ2v) is 6.29. The maximum Gasteiger partial charge on any atom is 0.106 e. The van der Waals surface area contributed by atoms with Gasteiger partial charge in [-0.05, 0) is 54.3 Å². The molecule has 2 N–H and O–H groups in total. The molecule has 1 aromatic heterocycles. The van der Waals surface area contributed by atoms with Crippen LogP contribution in [0.2, 0.25) is 5.02 Å². The van der Waals surface area contributed by atoms with E-state index in [-0.39, 0.29) is 6.61 Å². The van der Waals surface area contributed by atoms with Crippen molar-refractivity contribution >= 4 is 11.6 Å². The summed E-state index contributed by atoms with van der Waals surface area (Å²) in [6, 6.07) is 9.31. The van der Waals surface area contributed by atoms with Crippen LogP contribution in [0.4, 0.5) is 0 Å². The first-order chi connectivity index (χ1) is 11.5. The third-order valence-corrected chi connectivity index (χ3v) is 4.53. The van der Waals surface area contributed by atoms with E-state index in [1.165, 1.54) is 0 Å². The van der Waals surface area contributed by atoms with Gasteiger partial charge in [0.15, 0.2) is 0 Å². The van der Waals surface area contributed by atoms with Crippen molar-refractivity contribution in [2.75, 3.05) is 0 Å². The molecule has 2 aromatic carbocycles. The number of nitrogens with zero attached hydrogens (tertiary/aromatic N) is 2. The van der Waals surface area contributed by atoms with E-state index in [9.17, 15) is 10.2 Å². The van der Waals surface area contributed by atoms with Crippen molar-refractivity contribution < 1.29 is 10.2 Å². The molecular formula is C19H19ClN2O2. The molecule has 5 heteroatoms. The second-order valence-electron chi connectivity index (χ2n) is 5.88. The van der Waals surface area contributed by atoms with Crippen molar-refractivity contribution in [3.8, 4) is 5.69 Å². The highest BCUT2D eigenvalue weighted by atomic mass is 35.5. The van der Waals surface area contributed by atoms with Gasteiger partial charge in [-0.1, -0.05) is 23.7 Å². The average molecular weight is 343 g/mol. The fourth-order valence-corrected chi connectivity index (χ4v) is 3.28. The molecule has 1 atom stereocenters. The molecule has 24 heavy (non-hydrogen) atoms. The standard InChI is InChI=1S/C19H19ClN2O2/c1-12-7-14(10-23)8-13(2)18(12)19(24)16-9-15(3-4-17(16)20)22-6-5-21-11-22/h3-9,11,19,23-24H,10H2,1-2H3. The molecule has 1 unspecified atom stereocenters. The minimum absolute atomic E-state index is 0.0189. The van der Waals surface area contributed by atoms with Crippen LogP contribution in [0.5, 0.6) is 0 Å². The summed E-state index contributed by atoms with van der Waals surface area (Å²) in [5.41, 5.74) is 5.03. The number of imidazole rings is 1. The van der Waals surface area contributed by atoms with Crippen LogP contribution in [-0.4, -0.2) is 19.8 Å². The number of aliphatic hydroxyl groups is 2. The van der Waals surface area contributed by atoms with E-state index >= 15 is 0 Å². The van der Waals surface area contributed by atoms with E-state index in [1.807, 2.05) is 48.9 Å². The second kappa shape index (κ2) is 6.77. The molecule has 0 saturated heterocycles. The third kappa shape index (κ3) is 3.08. The first-order valence-corrected chi connectivity index (χ1v) is 8.05. The monoisotopic (exact) mass is 342 g/mol. The van der Waals surface area contributed by atoms with Crippen molar-refractivity contribution in [1.82, 2.24) is 9.55 Å². The van der Waals surface area contributed by atoms with Crippen LogP contribution < -0.4 is 0 Å². The van der Waals surface area contributed by atoms with E-state index in [0.717, 1.165) is 27.9 Å². The minimum Gasteiger partial charge on any atom is -0.392 e. The molecule has 0 aliphatic rings. The van der Waals surface area contributed by atoms with Gasteiger partial charge in [-0.15, -0.1) is 0 Å². The Hall–Kier alpha value is -2.14. The minimum atomic E-state index is -0.839. The topological polar surface area (TPSA) is 58.3 Å². The van der Waals surface area contributed by atoms with Gasteiger partial charge in [0.1, 0.15) is 6.10 Å².